The summed E-state index contributed by atoms with van der Waals surface area (Å²) in [6, 6.07) is 3.95. The molecule has 8 heteroatoms. The number of primary sulfonamides is 1. The first-order chi connectivity index (χ1) is 7.38. The predicted molar refractivity (Wildman–Crippen MR) is 58.9 cm³/mol. The van der Waals surface area contributed by atoms with Crippen LogP contribution in [0.5, 0.6) is 0 Å². The second-order valence-electron chi connectivity index (χ2n) is 3.00. The molecule has 0 unspecified atom stereocenters. The maximum Gasteiger partial charge on any atom is 0.292 e. The van der Waals surface area contributed by atoms with Crippen LogP contribution in [0.1, 0.15) is 5.56 Å². The van der Waals surface area contributed by atoms with Crippen LogP contribution < -0.4 is 5.14 Å². The molecule has 0 fully saturated rings. The highest BCUT2D eigenvalue weighted by Crippen LogP contribution is 2.27. The number of nitrogens with two attached hydrogens (primary N) is 1. The zero-order valence-electron chi connectivity index (χ0n) is 8.09. The van der Waals surface area contributed by atoms with E-state index in [0.29, 0.717) is 0 Å². The zero-order valence-corrected chi connectivity index (χ0v) is 9.66. The van der Waals surface area contributed by atoms with E-state index in [9.17, 15) is 18.5 Å². The van der Waals surface area contributed by atoms with Crippen molar-refractivity contribution in [1.82, 2.24) is 0 Å². The molecule has 0 aromatic heterocycles. The number of nitrogens with zero attached hydrogens (tertiary/aromatic N) is 1. The minimum Gasteiger partial charge on any atom is -0.258 e. The number of benzene rings is 1. The van der Waals surface area contributed by atoms with Gasteiger partial charge in [0.1, 0.15) is 0 Å². The van der Waals surface area contributed by atoms with E-state index in [1.165, 1.54) is 12.1 Å². The van der Waals surface area contributed by atoms with Crippen LogP contribution in [-0.2, 0) is 16.4 Å². The first kappa shape index (κ1) is 12.9. The van der Waals surface area contributed by atoms with E-state index >= 15 is 0 Å². The third kappa shape index (κ3) is 2.69. The van der Waals surface area contributed by atoms with E-state index in [4.69, 9.17) is 16.7 Å². The Balaban J connectivity index is 3.51. The van der Waals surface area contributed by atoms with Crippen molar-refractivity contribution in [3.8, 4) is 0 Å². The molecule has 0 atom stereocenters. The van der Waals surface area contributed by atoms with Gasteiger partial charge in [-0.1, -0.05) is 12.1 Å². The zero-order chi connectivity index (χ0) is 12.3. The molecule has 16 heavy (non-hydrogen) atoms. The number of aryl methyl sites for hydroxylation is 1. The molecule has 0 radical (unpaired) electrons. The number of nitro benzene ring substituents is 1. The monoisotopic (exact) mass is 264 g/mol. The Hall–Kier alpha value is -1.18. The molecule has 0 bridgehead atoms. The predicted octanol–water partition coefficient (Wildman–Crippen LogP) is 1.02. The lowest BCUT2D eigenvalue weighted by Gasteiger charge is -2.04. The molecule has 2 N–H and O–H groups in total. The molecule has 6 nitrogen and oxygen atoms in total. The first-order valence-corrected chi connectivity index (χ1v) is 6.31. The second-order valence-corrected chi connectivity index (χ2v) is 4.91. The minimum atomic E-state index is -4.10. The van der Waals surface area contributed by atoms with Gasteiger partial charge in [0.2, 0.25) is 10.0 Å². The molecule has 0 aliphatic heterocycles. The minimum absolute atomic E-state index is 0.162. The van der Waals surface area contributed by atoms with E-state index in [-0.39, 0.29) is 17.9 Å². The fraction of sp³-hybridized carbons (Fsp3) is 0.250. The molecule has 0 heterocycles. The maximum absolute atomic E-state index is 11.2. The number of hydrogen-bond acceptors (Lipinski definition) is 4. The van der Waals surface area contributed by atoms with Crippen LogP contribution in [0, 0.1) is 10.1 Å². The summed E-state index contributed by atoms with van der Waals surface area (Å²) in [6.07, 6.45) is 0.210. The van der Waals surface area contributed by atoms with Crippen LogP contribution in [0.3, 0.4) is 0 Å². The standard InChI is InChI=1S/C8H9ClN2O4S/c9-5-4-6-2-1-3-7(16(10,14)15)8(6)11(12)13/h1-3H,4-5H2,(H2,10,14,15). The van der Waals surface area contributed by atoms with Gasteiger partial charge in [-0.3, -0.25) is 10.1 Å². The summed E-state index contributed by atoms with van der Waals surface area (Å²) in [5.41, 5.74) is -0.239. The van der Waals surface area contributed by atoms with Gasteiger partial charge >= 0.3 is 0 Å². The SMILES string of the molecule is NS(=O)(=O)c1cccc(CCCl)c1[N+](=O)[O-]. The van der Waals surface area contributed by atoms with E-state index in [2.05, 4.69) is 0 Å². The lowest BCUT2D eigenvalue weighted by atomic mass is 10.1. The molecule has 0 aliphatic rings. The second kappa shape index (κ2) is 4.77. The van der Waals surface area contributed by atoms with E-state index in [1.54, 1.807) is 0 Å². The third-order valence-electron chi connectivity index (χ3n) is 1.94. The van der Waals surface area contributed by atoms with Crippen molar-refractivity contribution in [1.29, 1.82) is 0 Å². The average Bonchev–Trinajstić information content (AvgIpc) is 2.16. The molecule has 88 valence electrons. The first-order valence-electron chi connectivity index (χ1n) is 4.23. The highest BCUT2D eigenvalue weighted by Gasteiger charge is 2.25. The molecular weight excluding hydrogens is 256 g/mol. The van der Waals surface area contributed by atoms with Crippen molar-refractivity contribution >= 4 is 27.3 Å². The topological polar surface area (TPSA) is 103 Å². The Bertz CT molecular complexity index is 515. The van der Waals surface area contributed by atoms with Gasteiger partial charge in [0, 0.05) is 11.4 Å². The Morgan fingerprint density at radius 1 is 1.44 bits per heavy atom. The Morgan fingerprint density at radius 3 is 2.50 bits per heavy atom. The fourth-order valence-corrected chi connectivity index (χ4v) is 2.26. The van der Waals surface area contributed by atoms with E-state index in [0.717, 1.165) is 6.07 Å². The van der Waals surface area contributed by atoms with Crippen LogP contribution in [0.15, 0.2) is 23.1 Å². The van der Waals surface area contributed by atoms with Crippen molar-refractivity contribution in [2.75, 3.05) is 5.88 Å². The maximum atomic E-state index is 11.2. The van der Waals surface area contributed by atoms with Crippen molar-refractivity contribution in [2.24, 2.45) is 5.14 Å². The summed E-state index contributed by atoms with van der Waals surface area (Å²) in [5.74, 6) is 0.162. The number of rotatable bonds is 4. The summed E-state index contributed by atoms with van der Waals surface area (Å²) in [5, 5.41) is 15.7. The molecule has 0 amide bonds. The summed E-state index contributed by atoms with van der Waals surface area (Å²) < 4.78 is 22.3. The molecule has 0 saturated heterocycles. The van der Waals surface area contributed by atoms with E-state index < -0.39 is 25.5 Å². The number of nitro groups is 1. The molecule has 0 spiro atoms. The Morgan fingerprint density at radius 2 is 2.06 bits per heavy atom. The van der Waals surface area contributed by atoms with Crippen molar-refractivity contribution in [3.05, 3.63) is 33.9 Å². The van der Waals surface area contributed by atoms with Crippen molar-refractivity contribution in [2.45, 2.75) is 11.3 Å². The third-order valence-corrected chi connectivity index (χ3v) is 3.07. The van der Waals surface area contributed by atoms with Gasteiger partial charge in [-0.05, 0) is 12.5 Å². The lowest BCUT2D eigenvalue weighted by Crippen LogP contribution is -2.15. The van der Waals surface area contributed by atoms with Crippen LogP contribution in [0.4, 0.5) is 5.69 Å². The summed E-state index contributed by atoms with van der Waals surface area (Å²) >= 11 is 5.48. The Labute approximate surface area is 97.2 Å². The van der Waals surface area contributed by atoms with Gasteiger partial charge in [0.05, 0.1) is 4.92 Å². The van der Waals surface area contributed by atoms with E-state index in [1.807, 2.05) is 0 Å². The number of para-hydroxylation sites is 1. The highest BCUT2D eigenvalue weighted by atomic mass is 35.5. The number of halogens is 1. The largest absolute Gasteiger partial charge is 0.292 e. The van der Waals surface area contributed by atoms with Gasteiger partial charge in [-0.15, -0.1) is 11.6 Å². The van der Waals surface area contributed by atoms with Crippen LogP contribution in [0.25, 0.3) is 0 Å². The normalized spacial score (nSPS) is 11.4. The highest BCUT2D eigenvalue weighted by molar-refractivity contribution is 7.89. The molecule has 0 aliphatic carbocycles. The van der Waals surface area contributed by atoms with Crippen molar-refractivity contribution < 1.29 is 13.3 Å². The molecule has 1 aromatic rings. The van der Waals surface area contributed by atoms with Crippen LogP contribution in [-0.4, -0.2) is 19.2 Å². The molecule has 1 aromatic carbocycles. The van der Waals surface area contributed by atoms with Crippen LogP contribution in [0.2, 0.25) is 0 Å². The molecular formula is C8H9ClN2O4S. The van der Waals surface area contributed by atoms with Gasteiger partial charge in [0.25, 0.3) is 5.69 Å². The number of hydrogen-bond donors (Lipinski definition) is 1. The average molecular weight is 265 g/mol. The molecule has 0 saturated carbocycles. The fourth-order valence-electron chi connectivity index (χ4n) is 1.31. The van der Waals surface area contributed by atoms with Gasteiger partial charge in [-0.25, -0.2) is 13.6 Å². The smallest absolute Gasteiger partial charge is 0.258 e. The quantitative estimate of drug-likeness (QED) is 0.498. The van der Waals surface area contributed by atoms with Gasteiger partial charge in [-0.2, -0.15) is 0 Å². The summed E-state index contributed by atoms with van der Waals surface area (Å²) in [7, 11) is -4.10. The number of alkyl halides is 1. The summed E-state index contributed by atoms with van der Waals surface area (Å²) in [6.45, 7) is 0. The van der Waals surface area contributed by atoms with Gasteiger partial charge in [0.15, 0.2) is 4.90 Å². The lowest BCUT2D eigenvalue weighted by molar-refractivity contribution is -0.388. The van der Waals surface area contributed by atoms with Gasteiger partial charge < -0.3 is 0 Å². The number of sulfonamides is 1. The summed E-state index contributed by atoms with van der Waals surface area (Å²) in [4.78, 5) is 9.56. The Kier molecular flexibility index (Phi) is 3.84. The van der Waals surface area contributed by atoms with Crippen LogP contribution >= 0.6 is 11.6 Å². The molecule has 1 rings (SSSR count). The van der Waals surface area contributed by atoms with Crippen molar-refractivity contribution in [3.63, 3.8) is 0 Å².